The number of aryl methyl sites for hydroxylation is 1. The van der Waals surface area contributed by atoms with Crippen molar-refractivity contribution in [2.45, 2.75) is 43.8 Å². The Morgan fingerprint density at radius 3 is 2.71 bits per heavy atom. The highest BCUT2D eigenvalue weighted by Gasteiger charge is 2.17. The minimum absolute atomic E-state index is 0.432. The van der Waals surface area contributed by atoms with Gasteiger partial charge in [0, 0.05) is 54.0 Å². The molecule has 2 aromatic heterocycles. The Morgan fingerprint density at radius 1 is 1.19 bits per heavy atom. The summed E-state index contributed by atoms with van der Waals surface area (Å²) in [6.45, 7) is 12.5. The molecule has 42 heavy (non-hydrogen) atoms. The lowest BCUT2D eigenvalue weighted by Gasteiger charge is -2.26. The molecule has 1 saturated heterocycles. The number of fused-ring (bicyclic) bond motifs is 1. The number of methoxy groups -OCH3 is 1. The summed E-state index contributed by atoms with van der Waals surface area (Å²) >= 11 is 8.29. The van der Waals surface area contributed by atoms with Gasteiger partial charge in [-0.25, -0.2) is 4.98 Å². The van der Waals surface area contributed by atoms with Crippen molar-refractivity contribution in [1.29, 1.82) is 5.26 Å². The molecule has 0 radical (unpaired) electrons. The van der Waals surface area contributed by atoms with Crippen molar-refractivity contribution in [3.63, 3.8) is 0 Å². The summed E-state index contributed by atoms with van der Waals surface area (Å²) in [6.07, 6.45) is 2.60. The lowest BCUT2D eigenvalue weighted by molar-refractivity contribution is 0.0378. The number of imidazole rings is 1. The maximum Gasteiger partial charge on any atom is 0.173 e. The van der Waals surface area contributed by atoms with Gasteiger partial charge in [-0.2, -0.15) is 5.26 Å². The fraction of sp³-hybridized carbons (Fsp3) is 0.387. The van der Waals surface area contributed by atoms with E-state index in [1.165, 1.54) is 0 Å². The standard InChI is InChI=1S/C31H36ClN7O2S/c1-5-39-21(3)20(2)36-31(39)42-29-8-7-23(15-25(29)32)37-30-22(18-33)19-35-26-17-27(28(40-4)16-24(26)30)34-9-6-10-38-11-13-41-14-12-38/h7-8,15-17,19,34H,5-6,9-14H2,1-4H3,(H,35,37). The van der Waals surface area contributed by atoms with Crippen molar-refractivity contribution >= 4 is 51.3 Å². The first kappa shape index (κ1) is 30.0. The molecule has 11 heteroatoms. The van der Waals surface area contributed by atoms with Gasteiger partial charge < -0.3 is 24.7 Å². The van der Waals surface area contributed by atoms with E-state index in [0.29, 0.717) is 22.0 Å². The second kappa shape index (κ2) is 13.7. The Labute approximate surface area is 256 Å². The van der Waals surface area contributed by atoms with E-state index in [4.69, 9.17) is 26.1 Å². The first-order valence-electron chi connectivity index (χ1n) is 14.1. The van der Waals surface area contributed by atoms with E-state index in [9.17, 15) is 5.26 Å². The summed E-state index contributed by atoms with van der Waals surface area (Å²) in [7, 11) is 1.65. The quantitative estimate of drug-likeness (QED) is 0.182. The molecule has 2 N–H and O–H groups in total. The van der Waals surface area contributed by atoms with Gasteiger partial charge in [0.15, 0.2) is 5.16 Å². The average Bonchev–Trinajstić information content (AvgIpc) is 3.28. The Bertz CT molecular complexity index is 1610. The van der Waals surface area contributed by atoms with Crippen LogP contribution in [0.2, 0.25) is 5.02 Å². The van der Waals surface area contributed by atoms with Gasteiger partial charge in [-0.15, -0.1) is 0 Å². The van der Waals surface area contributed by atoms with Crippen LogP contribution in [0.4, 0.5) is 17.1 Å². The third-order valence-corrected chi connectivity index (χ3v) is 9.02. The molecule has 2 aromatic carbocycles. The summed E-state index contributed by atoms with van der Waals surface area (Å²) in [5, 5.41) is 19.1. The number of pyridine rings is 1. The summed E-state index contributed by atoms with van der Waals surface area (Å²) in [5.74, 6) is 0.690. The van der Waals surface area contributed by atoms with Gasteiger partial charge in [-0.1, -0.05) is 23.4 Å². The SMILES string of the molecule is CCn1c(Sc2ccc(Nc3c(C#N)cnc4cc(NCCCN5CCOCC5)c(OC)cc34)cc2Cl)nc(C)c1C. The topological polar surface area (TPSA) is 100 Å². The van der Waals surface area contributed by atoms with Gasteiger partial charge >= 0.3 is 0 Å². The van der Waals surface area contributed by atoms with Crippen LogP contribution in [0.15, 0.2) is 46.6 Å². The Hall–Kier alpha value is -3.49. The van der Waals surface area contributed by atoms with Crippen molar-refractivity contribution < 1.29 is 9.47 Å². The van der Waals surface area contributed by atoms with Crippen LogP contribution in [0.1, 0.15) is 30.3 Å². The van der Waals surface area contributed by atoms with Crippen LogP contribution in [0.25, 0.3) is 10.9 Å². The molecule has 1 fully saturated rings. The van der Waals surface area contributed by atoms with Crippen LogP contribution in [-0.4, -0.2) is 65.9 Å². The van der Waals surface area contributed by atoms with Gasteiger partial charge in [0.25, 0.3) is 0 Å². The zero-order chi connectivity index (χ0) is 29.6. The Balaban J connectivity index is 1.36. The molecule has 0 atom stereocenters. The molecule has 9 nitrogen and oxygen atoms in total. The average molecular weight is 606 g/mol. The predicted octanol–water partition coefficient (Wildman–Crippen LogP) is 6.63. The molecule has 0 bridgehead atoms. The van der Waals surface area contributed by atoms with Crippen LogP contribution in [0.5, 0.6) is 5.75 Å². The zero-order valence-corrected chi connectivity index (χ0v) is 26.0. The molecule has 5 rings (SSSR count). The fourth-order valence-electron chi connectivity index (χ4n) is 5.07. The number of ether oxygens (including phenoxy) is 2. The van der Waals surface area contributed by atoms with E-state index in [-0.39, 0.29) is 0 Å². The smallest absolute Gasteiger partial charge is 0.173 e. The molecular formula is C31H36ClN7O2S. The number of morpholine rings is 1. The molecule has 0 unspecified atom stereocenters. The van der Waals surface area contributed by atoms with Crippen LogP contribution in [0.3, 0.4) is 0 Å². The molecule has 4 aromatic rings. The lowest BCUT2D eigenvalue weighted by Crippen LogP contribution is -2.37. The molecule has 0 spiro atoms. The molecule has 0 amide bonds. The largest absolute Gasteiger partial charge is 0.495 e. The molecule has 0 aliphatic carbocycles. The molecule has 0 saturated carbocycles. The Kier molecular flexibility index (Phi) is 9.75. The van der Waals surface area contributed by atoms with Crippen LogP contribution in [-0.2, 0) is 11.3 Å². The van der Waals surface area contributed by atoms with Crippen molar-refractivity contribution in [3.05, 3.63) is 58.5 Å². The van der Waals surface area contributed by atoms with Crippen molar-refractivity contribution in [1.82, 2.24) is 19.4 Å². The number of halogens is 1. The normalized spacial score (nSPS) is 13.7. The van der Waals surface area contributed by atoms with Crippen molar-refractivity contribution in [3.8, 4) is 11.8 Å². The van der Waals surface area contributed by atoms with Gasteiger partial charge in [0.05, 0.1) is 53.5 Å². The second-order valence-corrected chi connectivity index (χ2v) is 11.6. The van der Waals surface area contributed by atoms with E-state index in [1.807, 2.05) is 37.3 Å². The minimum atomic E-state index is 0.432. The molecule has 220 valence electrons. The van der Waals surface area contributed by atoms with Crippen LogP contribution >= 0.6 is 23.4 Å². The van der Waals surface area contributed by atoms with E-state index in [2.05, 4.69) is 45.0 Å². The monoisotopic (exact) mass is 605 g/mol. The third kappa shape index (κ3) is 6.60. The lowest BCUT2D eigenvalue weighted by atomic mass is 10.1. The fourth-order valence-corrected chi connectivity index (χ4v) is 6.42. The number of hydrogen-bond acceptors (Lipinski definition) is 9. The van der Waals surface area contributed by atoms with E-state index < -0.39 is 0 Å². The van der Waals surface area contributed by atoms with Crippen molar-refractivity contribution in [2.75, 3.05) is 57.1 Å². The minimum Gasteiger partial charge on any atom is -0.495 e. The number of anilines is 3. The first-order chi connectivity index (χ1) is 20.4. The zero-order valence-electron chi connectivity index (χ0n) is 24.5. The van der Waals surface area contributed by atoms with Gasteiger partial charge in [-0.05, 0) is 64.1 Å². The first-order valence-corrected chi connectivity index (χ1v) is 15.3. The second-order valence-electron chi connectivity index (χ2n) is 10.1. The number of rotatable bonds is 11. The molecular weight excluding hydrogens is 570 g/mol. The number of aromatic nitrogens is 3. The van der Waals surface area contributed by atoms with E-state index in [0.717, 1.165) is 96.1 Å². The highest BCUT2D eigenvalue weighted by molar-refractivity contribution is 7.99. The molecule has 1 aliphatic heterocycles. The van der Waals surface area contributed by atoms with Crippen LogP contribution in [0, 0.1) is 25.2 Å². The molecule has 3 heterocycles. The predicted molar refractivity (Wildman–Crippen MR) is 170 cm³/mol. The Morgan fingerprint density at radius 2 is 2.00 bits per heavy atom. The number of nitrogens with one attached hydrogen (secondary N) is 2. The van der Waals surface area contributed by atoms with Gasteiger partial charge in [0.2, 0.25) is 0 Å². The number of nitriles is 1. The summed E-state index contributed by atoms with van der Waals surface area (Å²) in [6, 6.07) is 12.0. The van der Waals surface area contributed by atoms with E-state index >= 15 is 0 Å². The maximum absolute atomic E-state index is 9.90. The number of hydrogen-bond donors (Lipinski definition) is 2. The van der Waals surface area contributed by atoms with E-state index in [1.54, 1.807) is 25.1 Å². The molecule has 1 aliphatic rings. The van der Waals surface area contributed by atoms with Gasteiger partial charge in [-0.3, -0.25) is 9.88 Å². The third-order valence-electron chi connectivity index (χ3n) is 7.52. The summed E-state index contributed by atoms with van der Waals surface area (Å²) < 4.78 is 13.4. The number of nitrogens with zero attached hydrogens (tertiary/aromatic N) is 5. The highest BCUT2D eigenvalue weighted by Crippen LogP contribution is 2.39. The summed E-state index contributed by atoms with van der Waals surface area (Å²) in [4.78, 5) is 12.6. The maximum atomic E-state index is 9.90. The van der Waals surface area contributed by atoms with Crippen molar-refractivity contribution in [2.24, 2.45) is 0 Å². The van der Waals surface area contributed by atoms with Gasteiger partial charge in [0.1, 0.15) is 11.8 Å². The van der Waals surface area contributed by atoms with Crippen LogP contribution < -0.4 is 15.4 Å². The number of benzene rings is 2. The highest BCUT2D eigenvalue weighted by atomic mass is 35.5. The summed E-state index contributed by atoms with van der Waals surface area (Å²) in [5.41, 5.74) is 5.65.